The molecule has 1 atom stereocenters. The van der Waals surface area contributed by atoms with Gasteiger partial charge in [0.1, 0.15) is 11.6 Å². The molecule has 10 nitrogen and oxygen atoms in total. The van der Waals surface area contributed by atoms with Crippen molar-refractivity contribution in [2.75, 3.05) is 5.32 Å². The molecular weight excluding hydrogens is 376 g/mol. The highest BCUT2D eigenvalue weighted by atomic mass is 16.3. The molecule has 1 unspecified atom stereocenters. The number of carbonyl (C=O) groups is 3. The van der Waals surface area contributed by atoms with E-state index in [1.807, 2.05) is 0 Å². The molecule has 150 valence electrons. The Hall–Kier alpha value is -3.56. The quantitative estimate of drug-likeness (QED) is 0.758. The van der Waals surface area contributed by atoms with Gasteiger partial charge < -0.3 is 15.1 Å². The van der Waals surface area contributed by atoms with E-state index < -0.39 is 11.8 Å². The van der Waals surface area contributed by atoms with Gasteiger partial charge in [0.15, 0.2) is 0 Å². The molecule has 1 aliphatic heterocycles. The number of anilines is 1. The largest absolute Gasteiger partial charge is 0.467 e. The SMILES string of the molecule is Cc1cc(NC(=O)C(=O)NCc2ccco2)n(C2=NC(=O)C3CCCCC3=N2)n1. The van der Waals surface area contributed by atoms with E-state index in [0.29, 0.717) is 11.5 Å². The number of aromatic nitrogens is 2. The molecule has 1 fully saturated rings. The average Bonchev–Trinajstić information content (AvgIpc) is 3.35. The van der Waals surface area contributed by atoms with Crippen LogP contribution in [-0.4, -0.2) is 39.2 Å². The van der Waals surface area contributed by atoms with Crippen molar-refractivity contribution in [1.82, 2.24) is 15.1 Å². The smallest absolute Gasteiger partial charge is 0.314 e. The number of aryl methyl sites for hydroxylation is 1. The van der Waals surface area contributed by atoms with Crippen LogP contribution in [0.2, 0.25) is 0 Å². The first-order valence-corrected chi connectivity index (χ1v) is 9.40. The highest BCUT2D eigenvalue weighted by Gasteiger charge is 2.32. The van der Waals surface area contributed by atoms with Crippen molar-refractivity contribution in [3.05, 3.63) is 35.9 Å². The van der Waals surface area contributed by atoms with Crippen LogP contribution in [0.15, 0.2) is 38.9 Å². The summed E-state index contributed by atoms with van der Waals surface area (Å²) in [5.41, 5.74) is 1.38. The molecule has 2 aromatic heterocycles. The van der Waals surface area contributed by atoms with Crippen LogP contribution in [-0.2, 0) is 20.9 Å². The van der Waals surface area contributed by atoms with Gasteiger partial charge in [-0.15, -0.1) is 0 Å². The molecule has 3 heterocycles. The first-order valence-electron chi connectivity index (χ1n) is 9.40. The zero-order valence-corrected chi connectivity index (χ0v) is 15.8. The second kappa shape index (κ2) is 7.82. The number of aliphatic imine (C=N–C) groups is 2. The Labute approximate surface area is 166 Å². The number of carbonyl (C=O) groups excluding carboxylic acids is 3. The summed E-state index contributed by atoms with van der Waals surface area (Å²) in [5.74, 6) is -1.36. The van der Waals surface area contributed by atoms with Crippen LogP contribution in [0, 0.1) is 12.8 Å². The molecule has 1 saturated carbocycles. The van der Waals surface area contributed by atoms with Gasteiger partial charge in [0.2, 0.25) is 0 Å². The Morgan fingerprint density at radius 2 is 2.14 bits per heavy atom. The second-order valence-electron chi connectivity index (χ2n) is 6.95. The number of nitrogens with zero attached hydrogens (tertiary/aromatic N) is 4. The number of amides is 3. The van der Waals surface area contributed by atoms with Gasteiger partial charge in [-0.3, -0.25) is 14.4 Å². The maximum Gasteiger partial charge on any atom is 0.314 e. The van der Waals surface area contributed by atoms with Gasteiger partial charge in [-0.25, -0.2) is 4.99 Å². The maximum atomic E-state index is 12.4. The highest BCUT2D eigenvalue weighted by Crippen LogP contribution is 2.26. The summed E-state index contributed by atoms with van der Waals surface area (Å²) < 4.78 is 6.39. The fourth-order valence-electron chi connectivity index (χ4n) is 3.39. The van der Waals surface area contributed by atoms with Gasteiger partial charge in [-0.1, -0.05) is 6.42 Å². The molecule has 0 aromatic carbocycles. The maximum absolute atomic E-state index is 12.4. The van der Waals surface area contributed by atoms with Crippen molar-refractivity contribution >= 4 is 35.2 Å². The van der Waals surface area contributed by atoms with Crippen molar-refractivity contribution in [3.8, 4) is 0 Å². The van der Waals surface area contributed by atoms with E-state index in [-0.39, 0.29) is 30.1 Å². The third kappa shape index (κ3) is 4.00. The van der Waals surface area contributed by atoms with Gasteiger partial charge in [0.25, 0.3) is 11.9 Å². The normalized spacial score (nSPS) is 18.5. The monoisotopic (exact) mass is 396 g/mol. The third-order valence-electron chi connectivity index (χ3n) is 4.80. The Morgan fingerprint density at radius 3 is 2.93 bits per heavy atom. The molecule has 2 N–H and O–H groups in total. The molecule has 2 aliphatic rings. The van der Waals surface area contributed by atoms with Crippen molar-refractivity contribution in [3.63, 3.8) is 0 Å². The van der Waals surface area contributed by atoms with Gasteiger partial charge >= 0.3 is 11.8 Å². The Morgan fingerprint density at radius 1 is 1.28 bits per heavy atom. The van der Waals surface area contributed by atoms with Gasteiger partial charge in [-0.05, 0) is 38.3 Å². The molecule has 0 radical (unpaired) electrons. The molecule has 0 spiro atoms. The topological polar surface area (TPSA) is 131 Å². The lowest BCUT2D eigenvalue weighted by atomic mass is 9.86. The first-order chi connectivity index (χ1) is 14.0. The van der Waals surface area contributed by atoms with E-state index in [1.165, 1.54) is 10.9 Å². The van der Waals surface area contributed by atoms with Crippen molar-refractivity contribution in [2.24, 2.45) is 15.9 Å². The second-order valence-corrected chi connectivity index (χ2v) is 6.95. The van der Waals surface area contributed by atoms with E-state index in [2.05, 4.69) is 25.7 Å². The lowest BCUT2D eigenvalue weighted by molar-refractivity contribution is -0.136. The summed E-state index contributed by atoms with van der Waals surface area (Å²) >= 11 is 0. The number of nitrogens with one attached hydrogen (secondary N) is 2. The first kappa shape index (κ1) is 18.8. The number of rotatable bonds is 3. The summed E-state index contributed by atoms with van der Waals surface area (Å²) in [7, 11) is 0. The van der Waals surface area contributed by atoms with E-state index in [4.69, 9.17) is 4.42 Å². The summed E-state index contributed by atoms with van der Waals surface area (Å²) in [6.45, 7) is 1.82. The van der Waals surface area contributed by atoms with Crippen LogP contribution in [0.1, 0.15) is 37.1 Å². The molecule has 2 aromatic rings. The summed E-state index contributed by atoms with van der Waals surface area (Å²) in [6.07, 6.45) is 4.94. The van der Waals surface area contributed by atoms with Crippen LogP contribution < -0.4 is 10.6 Å². The van der Waals surface area contributed by atoms with Gasteiger partial charge in [0.05, 0.1) is 24.4 Å². The molecule has 0 bridgehead atoms. The predicted molar refractivity (Wildman–Crippen MR) is 103 cm³/mol. The van der Waals surface area contributed by atoms with Crippen LogP contribution in [0.5, 0.6) is 0 Å². The number of hydrogen-bond donors (Lipinski definition) is 2. The minimum absolute atomic E-state index is 0.0911. The van der Waals surface area contributed by atoms with Crippen molar-refractivity contribution in [2.45, 2.75) is 39.2 Å². The third-order valence-corrected chi connectivity index (χ3v) is 4.80. The van der Waals surface area contributed by atoms with Crippen LogP contribution in [0.4, 0.5) is 5.82 Å². The lowest BCUT2D eigenvalue weighted by Crippen LogP contribution is -2.36. The average molecular weight is 396 g/mol. The Balaban J connectivity index is 1.50. The molecule has 1 aliphatic carbocycles. The van der Waals surface area contributed by atoms with Gasteiger partial charge in [0, 0.05) is 11.8 Å². The summed E-state index contributed by atoms with van der Waals surface area (Å²) in [4.78, 5) is 45.3. The highest BCUT2D eigenvalue weighted by molar-refractivity contribution is 6.39. The Bertz CT molecular complexity index is 1020. The van der Waals surface area contributed by atoms with Crippen LogP contribution >= 0.6 is 0 Å². The molecule has 4 rings (SSSR count). The standard InChI is InChI=1S/C19H20N6O4/c1-11-9-15(22-18(28)17(27)20-10-12-5-4-8-29-12)25(24-11)19-21-14-7-3-2-6-13(14)16(26)23-19/h4-5,8-9,13H,2-3,6-7,10H2,1H3,(H,20,27)(H,22,28). The zero-order valence-electron chi connectivity index (χ0n) is 15.8. The zero-order chi connectivity index (χ0) is 20.4. The van der Waals surface area contributed by atoms with E-state index in [9.17, 15) is 14.4 Å². The van der Waals surface area contributed by atoms with E-state index in [1.54, 1.807) is 25.1 Å². The molecule has 3 amide bonds. The van der Waals surface area contributed by atoms with Gasteiger partial charge in [-0.2, -0.15) is 14.8 Å². The summed E-state index contributed by atoms with van der Waals surface area (Å²) in [5, 5.41) is 9.24. The molecule has 10 heteroatoms. The fraction of sp³-hybridized carbons (Fsp3) is 0.368. The van der Waals surface area contributed by atoms with Crippen molar-refractivity contribution < 1.29 is 18.8 Å². The molecule has 0 saturated heterocycles. The fourth-order valence-corrected chi connectivity index (χ4v) is 3.39. The molecule has 29 heavy (non-hydrogen) atoms. The molecular formula is C19H20N6O4. The van der Waals surface area contributed by atoms with E-state index in [0.717, 1.165) is 31.4 Å². The predicted octanol–water partition coefficient (Wildman–Crippen LogP) is 1.41. The summed E-state index contributed by atoms with van der Waals surface area (Å²) in [6, 6.07) is 4.96. The number of furan rings is 1. The number of hydrogen-bond acceptors (Lipinski definition) is 6. The Kier molecular flexibility index (Phi) is 5.07. The van der Waals surface area contributed by atoms with E-state index >= 15 is 0 Å². The van der Waals surface area contributed by atoms with Crippen LogP contribution in [0.25, 0.3) is 0 Å². The number of fused-ring (bicyclic) bond motifs is 1. The minimum Gasteiger partial charge on any atom is -0.467 e. The van der Waals surface area contributed by atoms with Crippen molar-refractivity contribution in [1.29, 1.82) is 0 Å². The lowest BCUT2D eigenvalue weighted by Gasteiger charge is -2.24. The minimum atomic E-state index is -0.872. The van der Waals surface area contributed by atoms with Crippen LogP contribution in [0.3, 0.4) is 0 Å².